The minimum Gasteiger partial charge on any atom is -0.463 e. The van der Waals surface area contributed by atoms with Gasteiger partial charge in [-0.15, -0.1) is 0 Å². The number of esters is 3. The summed E-state index contributed by atoms with van der Waals surface area (Å²) in [7, 11) is 0. The number of hydrogen-bond acceptors (Lipinski definition) is 6. The number of alkyl halides is 2. The zero-order chi connectivity index (χ0) is 12.1. The van der Waals surface area contributed by atoms with E-state index >= 15 is 0 Å². The van der Waals surface area contributed by atoms with Gasteiger partial charge in [0.25, 0.3) is 0 Å². The molecule has 16 heavy (non-hydrogen) atoms. The number of ether oxygens (including phenoxy) is 3. The van der Waals surface area contributed by atoms with Crippen LogP contribution < -0.4 is 0 Å². The quantitative estimate of drug-likeness (QED) is 0.492. The SMILES string of the molecule is O=C(COC(=O)C(F)F)OC1CCOC1=O. The summed E-state index contributed by atoms with van der Waals surface area (Å²) in [6.07, 6.45) is -4.14. The van der Waals surface area contributed by atoms with Crippen molar-refractivity contribution in [3.05, 3.63) is 0 Å². The van der Waals surface area contributed by atoms with Gasteiger partial charge in [-0.05, 0) is 0 Å². The Hall–Kier alpha value is -1.73. The van der Waals surface area contributed by atoms with Crippen molar-refractivity contribution in [3.8, 4) is 0 Å². The predicted octanol–water partition coefficient (Wildman–Crippen LogP) is -0.347. The summed E-state index contributed by atoms with van der Waals surface area (Å²) in [5.41, 5.74) is 0. The fraction of sp³-hybridized carbons (Fsp3) is 0.625. The first-order valence-electron chi connectivity index (χ1n) is 4.31. The van der Waals surface area contributed by atoms with Crippen molar-refractivity contribution < 1.29 is 37.4 Å². The number of carbonyl (C=O) groups excluding carboxylic acids is 3. The van der Waals surface area contributed by atoms with Gasteiger partial charge in [-0.25, -0.2) is 14.4 Å². The summed E-state index contributed by atoms with van der Waals surface area (Å²) >= 11 is 0. The number of halogens is 2. The van der Waals surface area contributed by atoms with Crippen molar-refractivity contribution in [2.45, 2.75) is 19.0 Å². The van der Waals surface area contributed by atoms with E-state index in [2.05, 4.69) is 14.2 Å². The van der Waals surface area contributed by atoms with Gasteiger partial charge in [-0.1, -0.05) is 0 Å². The third-order valence-corrected chi connectivity index (χ3v) is 1.67. The zero-order valence-electron chi connectivity index (χ0n) is 7.98. The monoisotopic (exact) mass is 238 g/mol. The van der Waals surface area contributed by atoms with Gasteiger partial charge in [0.2, 0.25) is 6.10 Å². The second-order valence-corrected chi connectivity index (χ2v) is 2.84. The number of carbonyl (C=O) groups is 3. The van der Waals surface area contributed by atoms with Crippen LogP contribution in [0, 0.1) is 0 Å². The average Bonchev–Trinajstić information content (AvgIpc) is 2.60. The van der Waals surface area contributed by atoms with E-state index in [-0.39, 0.29) is 13.0 Å². The van der Waals surface area contributed by atoms with E-state index in [1.165, 1.54) is 0 Å². The second kappa shape index (κ2) is 5.38. The molecular formula is C8H8F2O6. The molecule has 0 aliphatic carbocycles. The molecule has 1 fully saturated rings. The molecular weight excluding hydrogens is 230 g/mol. The van der Waals surface area contributed by atoms with Gasteiger partial charge in [0.05, 0.1) is 6.61 Å². The van der Waals surface area contributed by atoms with Gasteiger partial charge >= 0.3 is 24.3 Å². The topological polar surface area (TPSA) is 78.9 Å². The summed E-state index contributed by atoms with van der Waals surface area (Å²) < 4.78 is 36.2. The first-order valence-corrected chi connectivity index (χ1v) is 4.31. The molecule has 0 aromatic rings. The van der Waals surface area contributed by atoms with E-state index in [0.717, 1.165) is 0 Å². The van der Waals surface area contributed by atoms with Gasteiger partial charge in [0.1, 0.15) is 0 Å². The maximum absolute atomic E-state index is 11.6. The fourth-order valence-electron chi connectivity index (χ4n) is 0.970. The second-order valence-electron chi connectivity index (χ2n) is 2.84. The molecule has 1 rings (SSSR count). The fourth-order valence-corrected chi connectivity index (χ4v) is 0.970. The highest BCUT2D eigenvalue weighted by Gasteiger charge is 2.30. The van der Waals surface area contributed by atoms with Crippen molar-refractivity contribution in [1.29, 1.82) is 0 Å². The van der Waals surface area contributed by atoms with Crippen molar-refractivity contribution in [2.24, 2.45) is 0 Å². The molecule has 1 aliphatic heterocycles. The molecule has 0 N–H and O–H groups in total. The lowest BCUT2D eigenvalue weighted by Gasteiger charge is -2.08. The molecule has 8 heteroatoms. The largest absolute Gasteiger partial charge is 0.463 e. The molecule has 1 atom stereocenters. The van der Waals surface area contributed by atoms with Crippen molar-refractivity contribution in [3.63, 3.8) is 0 Å². The van der Waals surface area contributed by atoms with Crippen LogP contribution in [0.4, 0.5) is 8.78 Å². The van der Waals surface area contributed by atoms with Gasteiger partial charge in [0.15, 0.2) is 6.61 Å². The Morgan fingerprint density at radius 2 is 2.19 bits per heavy atom. The molecule has 6 nitrogen and oxygen atoms in total. The van der Waals surface area contributed by atoms with Crippen molar-refractivity contribution in [2.75, 3.05) is 13.2 Å². The lowest BCUT2D eigenvalue weighted by atomic mass is 10.3. The van der Waals surface area contributed by atoms with Gasteiger partial charge < -0.3 is 14.2 Å². The van der Waals surface area contributed by atoms with Crippen LogP contribution in [-0.2, 0) is 28.6 Å². The Morgan fingerprint density at radius 3 is 2.69 bits per heavy atom. The van der Waals surface area contributed by atoms with E-state index in [1.807, 2.05) is 0 Å². The molecule has 1 heterocycles. The first-order chi connectivity index (χ1) is 7.50. The van der Waals surface area contributed by atoms with Gasteiger partial charge in [-0.3, -0.25) is 0 Å². The maximum Gasteiger partial charge on any atom is 0.374 e. The molecule has 0 radical (unpaired) electrons. The highest BCUT2D eigenvalue weighted by Crippen LogP contribution is 2.10. The van der Waals surface area contributed by atoms with Crippen LogP contribution in [0.2, 0.25) is 0 Å². The molecule has 0 spiro atoms. The summed E-state index contributed by atoms with van der Waals surface area (Å²) in [5, 5.41) is 0. The summed E-state index contributed by atoms with van der Waals surface area (Å²) in [5.74, 6) is -3.59. The molecule has 1 aliphatic rings. The highest BCUT2D eigenvalue weighted by molar-refractivity contribution is 5.82. The summed E-state index contributed by atoms with van der Waals surface area (Å²) in [6, 6.07) is 0. The predicted molar refractivity (Wildman–Crippen MR) is 42.4 cm³/mol. The molecule has 0 bridgehead atoms. The van der Waals surface area contributed by atoms with Crippen LogP contribution in [0.25, 0.3) is 0 Å². The minimum atomic E-state index is -3.30. The van der Waals surface area contributed by atoms with Crippen LogP contribution >= 0.6 is 0 Å². The lowest BCUT2D eigenvalue weighted by molar-refractivity contribution is -0.171. The minimum absolute atomic E-state index is 0.133. The summed E-state index contributed by atoms with van der Waals surface area (Å²) in [4.78, 5) is 32.0. The van der Waals surface area contributed by atoms with Crippen molar-refractivity contribution >= 4 is 17.9 Å². The Labute approximate surface area is 88.4 Å². The lowest BCUT2D eigenvalue weighted by Crippen LogP contribution is -2.27. The number of hydrogen-bond donors (Lipinski definition) is 0. The third kappa shape index (κ3) is 3.44. The van der Waals surface area contributed by atoms with Crippen LogP contribution in [0.15, 0.2) is 0 Å². The average molecular weight is 238 g/mol. The van der Waals surface area contributed by atoms with Crippen LogP contribution in [0.1, 0.15) is 6.42 Å². The Morgan fingerprint density at radius 1 is 1.50 bits per heavy atom. The molecule has 0 amide bonds. The van der Waals surface area contributed by atoms with E-state index in [9.17, 15) is 23.2 Å². The Balaban J connectivity index is 2.26. The molecule has 0 aromatic carbocycles. The molecule has 1 unspecified atom stereocenters. The maximum atomic E-state index is 11.6. The number of cyclic esters (lactones) is 1. The van der Waals surface area contributed by atoms with Crippen LogP contribution in [0.3, 0.4) is 0 Å². The van der Waals surface area contributed by atoms with Crippen LogP contribution in [0.5, 0.6) is 0 Å². The Kier molecular flexibility index (Phi) is 4.15. The molecule has 0 saturated carbocycles. The first kappa shape index (κ1) is 12.3. The van der Waals surface area contributed by atoms with E-state index in [4.69, 9.17) is 0 Å². The van der Waals surface area contributed by atoms with E-state index < -0.39 is 37.0 Å². The normalized spacial score (nSPS) is 19.4. The Bertz CT molecular complexity index is 303. The van der Waals surface area contributed by atoms with Gasteiger partial charge in [-0.2, -0.15) is 8.78 Å². The van der Waals surface area contributed by atoms with Gasteiger partial charge in [0, 0.05) is 6.42 Å². The van der Waals surface area contributed by atoms with Crippen molar-refractivity contribution in [1.82, 2.24) is 0 Å². The smallest absolute Gasteiger partial charge is 0.374 e. The zero-order valence-corrected chi connectivity index (χ0v) is 7.98. The third-order valence-electron chi connectivity index (χ3n) is 1.67. The van der Waals surface area contributed by atoms with E-state index in [1.54, 1.807) is 0 Å². The molecule has 0 aromatic heterocycles. The molecule has 90 valence electrons. The number of rotatable bonds is 4. The highest BCUT2D eigenvalue weighted by atomic mass is 19.3. The van der Waals surface area contributed by atoms with E-state index in [0.29, 0.717) is 0 Å². The summed E-state index contributed by atoms with van der Waals surface area (Å²) in [6.45, 7) is -0.819. The standard InChI is InChI=1S/C8H8F2O6/c9-6(10)8(13)15-3-5(11)16-4-1-2-14-7(4)12/h4,6H,1-3H2. The molecule has 1 saturated heterocycles. The van der Waals surface area contributed by atoms with Crippen LogP contribution in [-0.4, -0.2) is 43.7 Å².